The van der Waals surface area contributed by atoms with E-state index in [0.717, 1.165) is 0 Å². The molecule has 0 amide bonds. The number of terminal acetylenes is 1. The molecule has 2 nitrogen and oxygen atoms in total. The fraction of sp³-hybridized carbons (Fsp3) is 0.200. The molecule has 0 saturated heterocycles. The number of pyridine rings is 1. The van der Waals surface area contributed by atoms with Gasteiger partial charge in [-0.1, -0.05) is 23.2 Å². The van der Waals surface area contributed by atoms with Gasteiger partial charge in [-0.25, -0.2) is 0 Å². The molecule has 0 aliphatic carbocycles. The lowest BCUT2D eigenvalue weighted by molar-refractivity contribution is 0.0979. The van der Waals surface area contributed by atoms with Gasteiger partial charge in [-0.2, -0.15) is 0 Å². The highest BCUT2D eigenvalue weighted by Crippen LogP contribution is 2.19. The first-order valence-electron chi connectivity index (χ1n) is 3.93. The second-order valence-corrected chi connectivity index (χ2v) is 3.45. The Bertz CT molecular complexity index is 396. The van der Waals surface area contributed by atoms with Crippen LogP contribution in [0.2, 0.25) is 10.0 Å². The molecule has 72 valence electrons. The Morgan fingerprint density at radius 2 is 2.29 bits per heavy atom. The molecule has 4 heteroatoms. The molecule has 0 atom stereocenters. The molecule has 0 aliphatic rings. The Hall–Kier alpha value is -1.04. The van der Waals surface area contributed by atoms with Crippen molar-refractivity contribution in [2.24, 2.45) is 0 Å². The second kappa shape index (κ2) is 4.99. The van der Waals surface area contributed by atoms with Gasteiger partial charge in [-0.3, -0.25) is 9.78 Å². The van der Waals surface area contributed by atoms with E-state index in [-0.39, 0.29) is 22.9 Å². The summed E-state index contributed by atoms with van der Waals surface area (Å²) in [5.74, 6) is 2.22. The molecule has 1 aromatic rings. The maximum Gasteiger partial charge on any atom is 0.183 e. The molecule has 1 rings (SSSR count). The van der Waals surface area contributed by atoms with Gasteiger partial charge in [0.15, 0.2) is 5.78 Å². The lowest BCUT2D eigenvalue weighted by atomic mass is 10.1. The van der Waals surface area contributed by atoms with E-state index in [9.17, 15) is 4.79 Å². The molecule has 14 heavy (non-hydrogen) atoms. The van der Waals surface area contributed by atoms with Gasteiger partial charge < -0.3 is 0 Å². The van der Waals surface area contributed by atoms with Gasteiger partial charge in [0.1, 0.15) is 5.69 Å². The fourth-order valence-electron chi connectivity index (χ4n) is 0.924. The number of Topliss-reactive ketones (excluding diaryl/α,β-unsaturated/α-hetero) is 1. The van der Waals surface area contributed by atoms with Crippen LogP contribution >= 0.6 is 23.2 Å². The minimum absolute atomic E-state index is 0.162. The number of carbonyl (C=O) groups is 1. The first-order valence-corrected chi connectivity index (χ1v) is 4.68. The van der Waals surface area contributed by atoms with Crippen molar-refractivity contribution >= 4 is 29.0 Å². The molecule has 0 bridgehead atoms. The summed E-state index contributed by atoms with van der Waals surface area (Å²) in [5.41, 5.74) is 0.228. The molecule has 0 saturated carbocycles. The van der Waals surface area contributed by atoms with Gasteiger partial charge in [-0.15, -0.1) is 12.3 Å². The van der Waals surface area contributed by atoms with Crippen LogP contribution in [0, 0.1) is 12.3 Å². The molecule has 0 aliphatic heterocycles. The number of hydrogen-bond acceptors (Lipinski definition) is 2. The number of nitrogens with zero attached hydrogens (tertiary/aromatic N) is 1. The number of aromatic nitrogens is 1. The average molecular weight is 228 g/mol. The van der Waals surface area contributed by atoms with Crippen LogP contribution in [0.25, 0.3) is 0 Å². The Labute approximate surface area is 92.2 Å². The van der Waals surface area contributed by atoms with Crippen molar-refractivity contribution in [1.29, 1.82) is 0 Å². The highest BCUT2D eigenvalue weighted by Gasteiger charge is 2.11. The number of rotatable bonds is 3. The zero-order valence-corrected chi connectivity index (χ0v) is 8.77. The van der Waals surface area contributed by atoms with Gasteiger partial charge in [0.2, 0.25) is 0 Å². The van der Waals surface area contributed by atoms with E-state index in [1.54, 1.807) is 0 Å². The maximum absolute atomic E-state index is 11.5. The van der Waals surface area contributed by atoms with Crippen molar-refractivity contribution in [1.82, 2.24) is 4.98 Å². The zero-order chi connectivity index (χ0) is 10.6. The van der Waals surface area contributed by atoms with Crippen LogP contribution in [0.4, 0.5) is 0 Å². The SMILES string of the molecule is C#CCCC(=O)c1ncc(Cl)cc1Cl. The molecular weight excluding hydrogens is 221 g/mol. The Morgan fingerprint density at radius 3 is 2.86 bits per heavy atom. The summed E-state index contributed by atoms with van der Waals surface area (Å²) in [6.07, 6.45) is 7.07. The van der Waals surface area contributed by atoms with Crippen molar-refractivity contribution in [2.75, 3.05) is 0 Å². The molecule has 1 aromatic heterocycles. The van der Waals surface area contributed by atoms with E-state index in [1.165, 1.54) is 12.3 Å². The Morgan fingerprint density at radius 1 is 1.57 bits per heavy atom. The van der Waals surface area contributed by atoms with E-state index in [0.29, 0.717) is 11.4 Å². The third-order valence-electron chi connectivity index (χ3n) is 1.57. The van der Waals surface area contributed by atoms with Crippen LogP contribution in [-0.2, 0) is 0 Å². The Kier molecular flexibility index (Phi) is 3.94. The lowest BCUT2D eigenvalue weighted by Gasteiger charge is -2.00. The summed E-state index contributed by atoms with van der Waals surface area (Å²) in [4.78, 5) is 15.3. The molecular formula is C10H7Cl2NO. The summed E-state index contributed by atoms with van der Waals surface area (Å²) in [7, 11) is 0. The average Bonchev–Trinajstić information content (AvgIpc) is 2.14. The minimum Gasteiger partial charge on any atom is -0.292 e. The quantitative estimate of drug-likeness (QED) is 0.588. The van der Waals surface area contributed by atoms with Crippen molar-refractivity contribution in [3.05, 3.63) is 28.0 Å². The van der Waals surface area contributed by atoms with Crippen LogP contribution < -0.4 is 0 Å². The van der Waals surface area contributed by atoms with Crippen LogP contribution in [-0.4, -0.2) is 10.8 Å². The number of hydrogen-bond donors (Lipinski definition) is 0. The van der Waals surface area contributed by atoms with E-state index in [4.69, 9.17) is 29.6 Å². The van der Waals surface area contributed by atoms with Crippen LogP contribution in [0.3, 0.4) is 0 Å². The summed E-state index contributed by atoms with van der Waals surface area (Å²) in [5, 5.41) is 0.669. The second-order valence-electron chi connectivity index (χ2n) is 2.61. The highest BCUT2D eigenvalue weighted by atomic mass is 35.5. The topological polar surface area (TPSA) is 30.0 Å². The molecule has 0 fully saturated rings. The predicted octanol–water partition coefficient (Wildman–Crippen LogP) is 2.98. The highest BCUT2D eigenvalue weighted by molar-refractivity contribution is 6.36. The summed E-state index contributed by atoms with van der Waals surface area (Å²) < 4.78 is 0. The normalized spacial score (nSPS) is 9.50. The number of ketones is 1. The minimum atomic E-state index is -0.162. The largest absolute Gasteiger partial charge is 0.292 e. The van der Waals surface area contributed by atoms with Crippen LogP contribution in [0.15, 0.2) is 12.3 Å². The van der Waals surface area contributed by atoms with E-state index in [2.05, 4.69) is 10.9 Å². The van der Waals surface area contributed by atoms with Gasteiger partial charge in [0.05, 0.1) is 10.0 Å². The van der Waals surface area contributed by atoms with Gasteiger partial charge in [-0.05, 0) is 6.07 Å². The van der Waals surface area contributed by atoms with Crippen molar-refractivity contribution in [3.8, 4) is 12.3 Å². The van der Waals surface area contributed by atoms with Crippen LogP contribution in [0.1, 0.15) is 23.3 Å². The molecule has 1 heterocycles. The number of carbonyl (C=O) groups excluding carboxylic acids is 1. The van der Waals surface area contributed by atoms with Crippen molar-refractivity contribution < 1.29 is 4.79 Å². The summed E-state index contributed by atoms with van der Waals surface area (Å²) in [6.45, 7) is 0. The predicted molar refractivity (Wildman–Crippen MR) is 56.7 cm³/mol. The first-order chi connectivity index (χ1) is 6.65. The first kappa shape index (κ1) is 11.0. The standard InChI is InChI=1S/C10H7Cl2NO/c1-2-3-4-9(14)10-8(12)5-7(11)6-13-10/h1,5-6H,3-4H2. The van der Waals surface area contributed by atoms with E-state index >= 15 is 0 Å². The molecule has 0 radical (unpaired) electrons. The Balaban J connectivity index is 2.86. The maximum atomic E-state index is 11.5. The van der Waals surface area contributed by atoms with Gasteiger partial charge in [0, 0.05) is 19.0 Å². The fourth-order valence-corrected chi connectivity index (χ4v) is 1.41. The van der Waals surface area contributed by atoms with Crippen LogP contribution in [0.5, 0.6) is 0 Å². The van der Waals surface area contributed by atoms with Gasteiger partial charge in [0.25, 0.3) is 0 Å². The van der Waals surface area contributed by atoms with E-state index in [1.807, 2.05) is 0 Å². The van der Waals surface area contributed by atoms with Gasteiger partial charge >= 0.3 is 0 Å². The third kappa shape index (κ3) is 2.73. The van der Waals surface area contributed by atoms with E-state index < -0.39 is 0 Å². The summed E-state index contributed by atoms with van der Waals surface area (Å²) >= 11 is 11.4. The smallest absolute Gasteiger partial charge is 0.183 e. The zero-order valence-electron chi connectivity index (χ0n) is 7.26. The molecule has 0 spiro atoms. The lowest BCUT2D eigenvalue weighted by Crippen LogP contribution is -2.02. The third-order valence-corrected chi connectivity index (χ3v) is 2.06. The summed E-state index contributed by atoms with van der Waals surface area (Å²) in [6, 6.07) is 1.49. The number of halogens is 2. The molecule has 0 aromatic carbocycles. The van der Waals surface area contributed by atoms with Crippen molar-refractivity contribution in [2.45, 2.75) is 12.8 Å². The monoisotopic (exact) mass is 227 g/mol. The molecule has 0 N–H and O–H groups in total. The van der Waals surface area contributed by atoms with Crippen molar-refractivity contribution in [3.63, 3.8) is 0 Å². The molecule has 0 unspecified atom stereocenters.